The van der Waals surface area contributed by atoms with Gasteiger partial charge in [0.1, 0.15) is 11.5 Å². The van der Waals surface area contributed by atoms with Gasteiger partial charge in [-0.05, 0) is 47.9 Å². The number of halogens is 6. The highest BCUT2D eigenvalue weighted by molar-refractivity contribution is 6.31. The number of hydrogen-bond acceptors (Lipinski definition) is 3. The highest BCUT2D eigenvalue weighted by atomic mass is 35.5. The van der Waals surface area contributed by atoms with Gasteiger partial charge in [-0.25, -0.2) is 18.7 Å². The zero-order chi connectivity index (χ0) is 22.6. The van der Waals surface area contributed by atoms with E-state index in [0.29, 0.717) is 34.1 Å². The summed E-state index contributed by atoms with van der Waals surface area (Å²) in [5.41, 5.74) is 1.26. The first kappa shape index (κ1) is 20.7. The van der Waals surface area contributed by atoms with Gasteiger partial charge in [0.15, 0.2) is 5.82 Å². The van der Waals surface area contributed by atoms with Crippen LogP contribution in [0.1, 0.15) is 28.6 Å². The molecule has 0 fully saturated rings. The van der Waals surface area contributed by atoms with Crippen LogP contribution in [0.5, 0.6) is 0 Å². The van der Waals surface area contributed by atoms with Crippen molar-refractivity contribution in [1.82, 2.24) is 15.0 Å². The Labute approximate surface area is 183 Å². The number of nitrogens with one attached hydrogen (secondary N) is 1. The van der Waals surface area contributed by atoms with E-state index in [4.69, 9.17) is 11.6 Å². The molecule has 0 radical (unpaired) electrons. The van der Waals surface area contributed by atoms with Crippen LogP contribution in [-0.2, 0) is 12.6 Å². The molecule has 4 aromatic rings. The van der Waals surface area contributed by atoms with Crippen molar-refractivity contribution in [1.29, 1.82) is 0 Å². The molecular weight excluding hydrogens is 451 g/mol. The molecule has 1 aliphatic heterocycles. The minimum Gasteiger partial charge on any atom is -0.356 e. The maximum atomic E-state index is 14.8. The number of hydrogen-bond donors (Lipinski definition) is 1. The normalized spacial score (nSPS) is 16.4. The van der Waals surface area contributed by atoms with Crippen LogP contribution in [0.3, 0.4) is 0 Å². The van der Waals surface area contributed by atoms with Crippen LogP contribution in [-0.4, -0.2) is 21.5 Å². The maximum absolute atomic E-state index is 14.8. The molecular formula is C22H14ClF5N4. The number of benzene rings is 2. The Morgan fingerprint density at radius 2 is 1.78 bits per heavy atom. The van der Waals surface area contributed by atoms with E-state index in [1.54, 1.807) is 11.0 Å². The molecule has 1 atom stereocenters. The molecule has 0 spiro atoms. The Balaban J connectivity index is 1.71. The van der Waals surface area contributed by atoms with Crippen molar-refractivity contribution >= 4 is 28.5 Å². The Hall–Kier alpha value is -3.20. The number of alkyl halides is 3. The van der Waals surface area contributed by atoms with Gasteiger partial charge in [0.05, 0.1) is 11.1 Å². The standard InChI is InChI=1S/C22H14ClF5N4/c23-14-5-6-15-17(18(14)25)13-8-10-32(21-29-9-7-16(31-21)22(26,27)28)20(19(13)30-15)11-1-3-12(24)4-2-11/h1-7,9,20,30H,8,10H2. The number of anilines is 1. The largest absolute Gasteiger partial charge is 0.433 e. The van der Waals surface area contributed by atoms with Crippen LogP contribution in [0, 0.1) is 11.6 Å². The number of fused-ring (bicyclic) bond motifs is 3. The molecule has 32 heavy (non-hydrogen) atoms. The Bertz CT molecular complexity index is 1320. The molecule has 0 saturated carbocycles. The van der Waals surface area contributed by atoms with Crippen LogP contribution in [0.2, 0.25) is 5.02 Å². The average Bonchev–Trinajstić information content (AvgIpc) is 3.15. The van der Waals surface area contributed by atoms with Crippen LogP contribution in [0.25, 0.3) is 10.9 Å². The van der Waals surface area contributed by atoms with Gasteiger partial charge in [-0.2, -0.15) is 13.2 Å². The summed E-state index contributed by atoms with van der Waals surface area (Å²) < 4.78 is 68.2. The number of aromatic nitrogens is 3. The lowest BCUT2D eigenvalue weighted by Gasteiger charge is -2.36. The first-order chi connectivity index (χ1) is 15.2. The van der Waals surface area contributed by atoms with Gasteiger partial charge >= 0.3 is 6.18 Å². The zero-order valence-electron chi connectivity index (χ0n) is 16.2. The van der Waals surface area contributed by atoms with E-state index in [0.717, 1.165) is 12.3 Å². The molecule has 1 unspecified atom stereocenters. The molecule has 5 rings (SSSR count). The first-order valence-electron chi connectivity index (χ1n) is 9.65. The molecule has 164 valence electrons. The van der Waals surface area contributed by atoms with Crippen molar-refractivity contribution in [2.45, 2.75) is 18.6 Å². The monoisotopic (exact) mass is 464 g/mol. The number of aromatic amines is 1. The summed E-state index contributed by atoms with van der Waals surface area (Å²) in [7, 11) is 0. The van der Waals surface area contributed by atoms with E-state index in [2.05, 4.69) is 15.0 Å². The SMILES string of the molecule is Fc1ccc(C2c3[nH]c4ccc(Cl)c(F)c4c3CCN2c2nccc(C(F)(F)F)n2)cc1. The molecule has 0 aliphatic carbocycles. The predicted molar refractivity (Wildman–Crippen MR) is 110 cm³/mol. The fourth-order valence-electron chi connectivity index (χ4n) is 4.17. The lowest BCUT2D eigenvalue weighted by atomic mass is 9.92. The molecule has 1 N–H and O–H groups in total. The summed E-state index contributed by atoms with van der Waals surface area (Å²) in [5, 5.41) is 0.311. The second kappa shape index (κ2) is 7.44. The molecule has 3 heterocycles. The van der Waals surface area contributed by atoms with E-state index in [1.807, 2.05) is 0 Å². The summed E-state index contributed by atoms with van der Waals surface area (Å²) in [5.74, 6) is -1.15. The molecule has 10 heteroatoms. The highest BCUT2D eigenvalue weighted by Gasteiger charge is 2.37. The number of H-pyrrole nitrogens is 1. The third kappa shape index (κ3) is 3.37. The van der Waals surface area contributed by atoms with Crippen molar-refractivity contribution in [3.8, 4) is 0 Å². The van der Waals surface area contributed by atoms with E-state index < -0.39 is 29.5 Å². The highest BCUT2D eigenvalue weighted by Crippen LogP contribution is 2.42. The third-order valence-electron chi connectivity index (χ3n) is 5.55. The third-order valence-corrected chi connectivity index (χ3v) is 5.85. The van der Waals surface area contributed by atoms with Crippen molar-refractivity contribution < 1.29 is 22.0 Å². The van der Waals surface area contributed by atoms with Gasteiger partial charge < -0.3 is 9.88 Å². The van der Waals surface area contributed by atoms with E-state index in [9.17, 15) is 22.0 Å². The van der Waals surface area contributed by atoms with Gasteiger partial charge in [0.25, 0.3) is 0 Å². The van der Waals surface area contributed by atoms with Gasteiger partial charge in [0, 0.05) is 29.3 Å². The number of nitrogens with zero attached hydrogens (tertiary/aromatic N) is 3. The summed E-state index contributed by atoms with van der Waals surface area (Å²) >= 11 is 5.98. The second-order valence-electron chi connectivity index (χ2n) is 7.44. The Morgan fingerprint density at radius 1 is 1.03 bits per heavy atom. The van der Waals surface area contributed by atoms with E-state index >= 15 is 0 Å². The lowest BCUT2D eigenvalue weighted by molar-refractivity contribution is -0.141. The molecule has 4 nitrogen and oxygen atoms in total. The molecule has 1 aliphatic rings. The van der Waals surface area contributed by atoms with E-state index in [1.165, 1.54) is 30.3 Å². The smallest absolute Gasteiger partial charge is 0.356 e. The summed E-state index contributed by atoms with van der Waals surface area (Å²) in [6.07, 6.45) is -3.26. The molecule has 2 aromatic carbocycles. The Kier molecular flexibility index (Phi) is 4.81. The minimum absolute atomic E-state index is 0.0266. The summed E-state index contributed by atoms with van der Waals surface area (Å²) in [4.78, 5) is 12.6. The van der Waals surface area contributed by atoms with Crippen molar-refractivity contribution in [3.63, 3.8) is 0 Å². The topological polar surface area (TPSA) is 44.8 Å². The van der Waals surface area contributed by atoms with Gasteiger partial charge in [0.2, 0.25) is 5.95 Å². The van der Waals surface area contributed by atoms with Crippen LogP contribution in [0.15, 0.2) is 48.7 Å². The number of rotatable bonds is 2. The molecule has 0 bridgehead atoms. The van der Waals surface area contributed by atoms with Crippen molar-refractivity contribution in [2.24, 2.45) is 0 Å². The molecule has 0 amide bonds. The maximum Gasteiger partial charge on any atom is 0.433 e. The van der Waals surface area contributed by atoms with E-state index in [-0.39, 0.29) is 17.5 Å². The summed E-state index contributed by atoms with van der Waals surface area (Å²) in [6.45, 7) is 0.218. The van der Waals surface area contributed by atoms with Gasteiger partial charge in [-0.1, -0.05) is 23.7 Å². The average molecular weight is 465 g/mol. The predicted octanol–water partition coefficient (Wildman–Crippen LogP) is 6.06. The first-order valence-corrected chi connectivity index (χ1v) is 10.0. The zero-order valence-corrected chi connectivity index (χ0v) is 17.0. The second-order valence-corrected chi connectivity index (χ2v) is 7.85. The van der Waals surface area contributed by atoms with Crippen LogP contribution in [0.4, 0.5) is 27.9 Å². The van der Waals surface area contributed by atoms with Gasteiger partial charge in [-0.15, -0.1) is 0 Å². The molecule has 2 aromatic heterocycles. The minimum atomic E-state index is -4.63. The lowest BCUT2D eigenvalue weighted by Crippen LogP contribution is -2.37. The van der Waals surface area contributed by atoms with Crippen molar-refractivity contribution in [2.75, 3.05) is 11.4 Å². The van der Waals surface area contributed by atoms with Gasteiger partial charge in [-0.3, -0.25) is 0 Å². The van der Waals surface area contributed by atoms with Crippen molar-refractivity contribution in [3.05, 3.63) is 87.8 Å². The summed E-state index contributed by atoms with van der Waals surface area (Å²) in [6, 6.07) is 8.77. The van der Waals surface area contributed by atoms with Crippen LogP contribution < -0.4 is 4.90 Å². The molecule has 0 saturated heterocycles. The quantitative estimate of drug-likeness (QED) is 0.367. The fourth-order valence-corrected chi connectivity index (χ4v) is 4.32. The fraction of sp³-hybridized carbons (Fsp3) is 0.182. The Morgan fingerprint density at radius 3 is 2.50 bits per heavy atom. The van der Waals surface area contributed by atoms with Crippen LogP contribution >= 0.6 is 11.6 Å².